The first kappa shape index (κ1) is 24.0. The Balaban J connectivity index is 1.49. The van der Waals surface area contributed by atoms with Crippen molar-refractivity contribution in [1.82, 2.24) is 20.0 Å². The zero-order valence-corrected chi connectivity index (χ0v) is 19.6. The summed E-state index contributed by atoms with van der Waals surface area (Å²) in [4.78, 5) is 28.6. The summed E-state index contributed by atoms with van der Waals surface area (Å²) in [7, 11) is -2.56. The first-order valence-electron chi connectivity index (χ1n) is 10.6. The number of hydrogen-bond acceptors (Lipinski definition) is 8. The second-order valence-corrected chi connectivity index (χ2v) is 10.0. The van der Waals surface area contributed by atoms with Gasteiger partial charge in [-0.1, -0.05) is 41.6 Å². The maximum atomic E-state index is 13.0. The van der Waals surface area contributed by atoms with E-state index in [2.05, 4.69) is 15.3 Å². The van der Waals surface area contributed by atoms with Gasteiger partial charge >= 0.3 is 5.97 Å². The number of rotatable bonds is 9. The number of aromatic nitrogens is 4. The van der Waals surface area contributed by atoms with E-state index in [-0.39, 0.29) is 13.0 Å². The summed E-state index contributed by atoms with van der Waals surface area (Å²) < 4.78 is 31.9. The summed E-state index contributed by atoms with van der Waals surface area (Å²) in [5.74, 6) is -1.45. The van der Waals surface area contributed by atoms with Crippen molar-refractivity contribution in [3.63, 3.8) is 0 Å². The summed E-state index contributed by atoms with van der Waals surface area (Å²) in [5.41, 5.74) is 2.05. The molecule has 0 saturated heterocycles. The fourth-order valence-electron chi connectivity index (χ4n) is 3.66. The average molecular weight is 495 g/mol. The first-order chi connectivity index (χ1) is 16.8. The van der Waals surface area contributed by atoms with Crippen LogP contribution in [0.2, 0.25) is 0 Å². The van der Waals surface area contributed by atoms with Crippen molar-refractivity contribution in [2.24, 2.45) is 0 Å². The van der Waals surface area contributed by atoms with E-state index in [0.29, 0.717) is 22.3 Å². The van der Waals surface area contributed by atoms with Crippen LogP contribution < -0.4 is 10.3 Å². The van der Waals surface area contributed by atoms with Crippen molar-refractivity contribution in [1.29, 1.82) is 0 Å². The van der Waals surface area contributed by atoms with Gasteiger partial charge in [-0.2, -0.15) is 0 Å². The van der Waals surface area contributed by atoms with E-state index in [1.165, 1.54) is 7.11 Å². The van der Waals surface area contributed by atoms with Crippen LogP contribution in [0.1, 0.15) is 12.0 Å². The molecule has 2 aromatic carbocycles. The Kier molecular flexibility index (Phi) is 6.87. The highest BCUT2D eigenvalue weighted by Gasteiger charge is 2.32. The fourth-order valence-corrected chi connectivity index (χ4v) is 5.29. The Morgan fingerprint density at radius 2 is 1.77 bits per heavy atom. The number of aliphatic carboxylic acids is 1. The summed E-state index contributed by atoms with van der Waals surface area (Å²) >= 11 is 0. The van der Waals surface area contributed by atoms with Gasteiger partial charge in [0.1, 0.15) is 5.52 Å². The molecule has 180 valence electrons. The van der Waals surface area contributed by atoms with Gasteiger partial charge in [-0.05, 0) is 35.7 Å². The number of carboxylic acids is 1. The second-order valence-electron chi connectivity index (χ2n) is 7.84. The van der Waals surface area contributed by atoms with Crippen LogP contribution in [0.5, 0.6) is 5.88 Å². The van der Waals surface area contributed by atoms with Crippen LogP contribution in [0.3, 0.4) is 0 Å². The lowest BCUT2D eigenvalue weighted by Crippen LogP contribution is -2.34. The molecule has 0 spiro atoms. The molecule has 0 aliphatic rings. The summed E-state index contributed by atoms with van der Waals surface area (Å²) in [5, 5.41) is 16.0. The molecule has 0 saturated carbocycles. The lowest BCUT2D eigenvalue weighted by atomic mass is 10.1. The number of fused-ring (bicyclic) bond motifs is 1. The Morgan fingerprint density at radius 1 is 1.06 bits per heavy atom. The van der Waals surface area contributed by atoms with Gasteiger partial charge in [-0.3, -0.25) is 9.59 Å². The SMILES string of the molecule is COc1ccc(-c2ccc(CS(=O)(=O)C(CCn3nnc4ccccc4c3=O)C(=O)O)cc2)cn1. The van der Waals surface area contributed by atoms with Gasteiger partial charge in [0, 0.05) is 24.4 Å². The molecular weight excluding hydrogens is 472 g/mol. The van der Waals surface area contributed by atoms with E-state index in [1.54, 1.807) is 60.8 Å². The number of sulfone groups is 1. The molecule has 4 aromatic rings. The summed E-state index contributed by atoms with van der Waals surface area (Å²) in [6.07, 6.45) is 1.32. The molecule has 0 radical (unpaired) electrons. The molecule has 1 atom stereocenters. The summed E-state index contributed by atoms with van der Waals surface area (Å²) in [6.45, 7) is -0.198. The molecule has 0 fully saturated rings. The number of aryl methyl sites for hydroxylation is 1. The molecule has 35 heavy (non-hydrogen) atoms. The molecule has 2 heterocycles. The highest BCUT2D eigenvalue weighted by molar-refractivity contribution is 7.92. The van der Waals surface area contributed by atoms with Crippen molar-refractivity contribution in [3.05, 3.63) is 82.8 Å². The lowest BCUT2D eigenvalue weighted by molar-refractivity contribution is -0.136. The molecule has 11 heteroatoms. The number of carboxylic acid groups (broad SMARTS) is 1. The van der Waals surface area contributed by atoms with Crippen LogP contribution in [0.4, 0.5) is 0 Å². The van der Waals surface area contributed by atoms with E-state index in [1.807, 2.05) is 6.07 Å². The standard InChI is InChI=1S/C24H22N4O6S/c1-34-22-11-10-18(14-25-22)17-8-6-16(7-9-17)15-35(32,33)21(24(30)31)12-13-28-23(29)19-4-2-3-5-20(19)26-27-28/h2-11,14,21H,12-13,15H2,1H3,(H,30,31). The Morgan fingerprint density at radius 3 is 2.43 bits per heavy atom. The molecule has 1 unspecified atom stereocenters. The minimum absolute atomic E-state index is 0.198. The van der Waals surface area contributed by atoms with Crippen molar-refractivity contribution in [2.75, 3.05) is 7.11 Å². The van der Waals surface area contributed by atoms with Crippen molar-refractivity contribution < 1.29 is 23.1 Å². The quantitative estimate of drug-likeness (QED) is 0.371. The van der Waals surface area contributed by atoms with Crippen molar-refractivity contribution >= 4 is 26.7 Å². The van der Waals surface area contributed by atoms with Gasteiger partial charge in [0.05, 0.1) is 18.2 Å². The predicted octanol–water partition coefficient (Wildman–Crippen LogP) is 2.32. The molecule has 4 rings (SSSR count). The van der Waals surface area contributed by atoms with Gasteiger partial charge in [-0.15, -0.1) is 5.10 Å². The molecule has 10 nitrogen and oxygen atoms in total. The van der Waals surface area contributed by atoms with E-state index < -0.39 is 32.4 Å². The molecule has 1 N–H and O–H groups in total. The smallest absolute Gasteiger partial charge is 0.321 e. The predicted molar refractivity (Wildman–Crippen MR) is 129 cm³/mol. The molecule has 0 aliphatic carbocycles. The number of carbonyl (C=O) groups is 1. The topological polar surface area (TPSA) is 141 Å². The monoisotopic (exact) mass is 494 g/mol. The number of nitrogens with zero attached hydrogens (tertiary/aromatic N) is 4. The van der Waals surface area contributed by atoms with Crippen LogP contribution in [-0.2, 0) is 26.9 Å². The van der Waals surface area contributed by atoms with Crippen molar-refractivity contribution in [3.8, 4) is 17.0 Å². The Hall–Kier alpha value is -4.12. The van der Waals surface area contributed by atoms with Crippen LogP contribution in [-0.4, -0.2) is 51.8 Å². The van der Waals surface area contributed by atoms with Crippen LogP contribution in [0.15, 0.2) is 71.7 Å². The third-order valence-electron chi connectivity index (χ3n) is 5.54. The fraction of sp³-hybridized carbons (Fsp3) is 0.208. The van der Waals surface area contributed by atoms with E-state index in [9.17, 15) is 23.1 Å². The molecule has 2 aromatic heterocycles. The number of ether oxygens (including phenoxy) is 1. The minimum atomic E-state index is -4.08. The number of methoxy groups -OCH3 is 1. The maximum Gasteiger partial charge on any atom is 0.321 e. The zero-order chi connectivity index (χ0) is 25.0. The minimum Gasteiger partial charge on any atom is -0.481 e. The Bertz CT molecular complexity index is 1520. The average Bonchev–Trinajstić information content (AvgIpc) is 2.85. The van der Waals surface area contributed by atoms with E-state index in [0.717, 1.165) is 15.8 Å². The van der Waals surface area contributed by atoms with Gasteiger partial charge < -0.3 is 9.84 Å². The maximum absolute atomic E-state index is 13.0. The lowest BCUT2D eigenvalue weighted by Gasteiger charge is -2.14. The van der Waals surface area contributed by atoms with E-state index in [4.69, 9.17) is 4.74 Å². The summed E-state index contributed by atoms with van der Waals surface area (Å²) in [6, 6.07) is 16.9. The normalized spacial score (nSPS) is 12.4. The highest BCUT2D eigenvalue weighted by atomic mass is 32.2. The van der Waals surface area contributed by atoms with Crippen LogP contribution in [0.25, 0.3) is 22.0 Å². The van der Waals surface area contributed by atoms with Gasteiger partial charge in [0.25, 0.3) is 5.56 Å². The van der Waals surface area contributed by atoms with E-state index >= 15 is 0 Å². The number of hydrogen-bond donors (Lipinski definition) is 1. The molecular formula is C24H22N4O6S. The van der Waals surface area contributed by atoms with Gasteiger partial charge in [0.15, 0.2) is 15.1 Å². The van der Waals surface area contributed by atoms with Gasteiger partial charge in [0.2, 0.25) is 5.88 Å². The second kappa shape index (κ2) is 10.0. The van der Waals surface area contributed by atoms with Crippen molar-refractivity contribution in [2.45, 2.75) is 24.0 Å². The number of benzene rings is 2. The Labute approximate surface area is 200 Å². The third-order valence-corrected chi connectivity index (χ3v) is 7.58. The molecule has 0 amide bonds. The van der Waals surface area contributed by atoms with Gasteiger partial charge in [-0.25, -0.2) is 18.1 Å². The molecule has 0 aliphatic heterocycles. The van der Waals surface area contributed by atoms with Crippen LogP contribution >= 0.6 is 0 Å². The number of pyridine rings is 1. The largest absolute Gasteiger partial charge is 0.481 e. The first-order valence-corrected chi connectivity index (χ1v) is 12.4. The molecule has 0 bridgehead atoms. The third kappa shape index (κ3) is 5.35. The van der Waals surface area contributed by atoms with Crippen LogP contribution in [0, 0.1) is 0 Å². The zero-order valence-electron chi connectivity index (χ0n) is 18.7. The highest BCUT2D eigenvalue weighted by Crippen LogP contribution is 2.22.